The number of para-hydroxylation sites is 2. The largest absolute Gasteiger partial charge is 0.340 e. The first-order valence-corrected chi connectivity index (χ1v) is 25.3. The third-order valence-electron chi connectivity index (χ3n) is 11.7. The highest BCUT2D eigenvalue weighted by atomic mass is 32.2. The predicted octanol–water partition coefficient (Wildman–Crippen LogP) is 6.35. The summed E-state index contributed by atoms with van der Waals surface area (Å²) in [5.74, 6) is 0. The van der Waals surface area contributed by atoms with Crippen LogP contribution in [0.1, 0.15) is 12.8 Å². The first kappa shape index (κ1) is 44.9. The molecule has 4 aromatic rings. The second kappa shape index (κ2) is 19.5. The Kier molecular flexibility index (Phi) is 14.6. The lowest BCUT2D eigenvalue weighted by Crippen LogP contribution is -2.45. The van der Waals surface area contributed by atoms with Gasteiger partial charge in [-0.1, -0.05) is 47.8 Å². The van der Waals surface area contributed by atoms with E-state index in [1.54, 1.807) is 63.8 Å². The molecule has 4 aromatic carbocycles. The van der Waals surface area contributed by atoms with Crippen LogP contribution in [0, 0.1) is 0 Å². The predicted molar refractivity (Wildman–Crippen MR) is 247 cm³/mol. The lowest BCUT2D eigenvalue weighted by Gasteiger charge is -2.35. The van der Waals surface area contributed by atoms with Crippen LogP contribution in [0.3, 0.4) is 0 Å². The third kappa shape index (κ3) is 10.2. The molecule has 0 aliphatic carbocycles. The van der Waals surface area contributed by atoms with Crippen LogP contribution >= 0.6 is 23.5 Å². The summed E-state index contributed by atoms with van der Waals surface area (Å²) >= 11 is 3.42. The number of fused-ring (bicyclic) bond motifs is 4. The van der Waals surface area contributed by atoms with Crippen LogP contribution in [0.15, 0.2) is 114 Å². The molecule has 60 heavy (non-hydrogen) atoms. The van der Waals surface area contributed by atoms with Crippen LogP contribution in [0.25, 0.3) is 0 Å². The van der Waals surface area contributed by atoms with E-state index in [0.717, 1.165) is 124 Å². The summed E-state index contributed by atoms with van der Waals surface area (Å²) in [6.07, 6.45) is 2.07. The van der Waals surface area contributed by atoms with Gasteiger partial charge in [0, 0.05) is 113 Å². The zero-order chi connectivity index (χ0) is 42.6. The zero-order valence-corrected chi connectivity index (χ0v) is 39.1. The molecule has 4 heterocycles. The zero-order valence-electron chi connectivity index (χ0n) is 35.8. The van der Waals surface area contributed by atoms with Crippen LogP contribution in [-0.4, -0.2) is 166 Å². The molecule has 2 saturated heterocycles. The molecule has 324 valence electrons. The summed E-state index contributed by atoms with van der Waals surface area (Å²) in [6.45, 7) is 12.8. The van der Waals surface area contributed by atoms with Crippen molar-refractivity contribution < 1.29 is 16.8 Å². The lowest BCUT2D eigenvalue weighted by atomic mass is 10.2. The van der Waals surface area contributed by atoms with Gasteiger partial charge in [0.05, 0.1) is 32.5 Å². The van der Waals surface area contributed by atoms with E-state index in [2.05, 4.69) is 92.0 Å². The molecule has 0 radical (unpaired) electrons. The molecule has 4 aliphatic heterocycles. The van der Waals surface area contributed by atoms with Crippen molar-refractivity contribution in [1.82, 2.24) is 28.2 Å². The van der Waals surface area contributed by atoms with Gasteiger partial charge in [-0.25, -0.2) is 25.4 Å². The quantitative estimate of drug-likeness (QED) is 0.159. The minimum absolute atomic E-state index is 0.343. The second-order valence-electron chi connectivity index (χ2n) is 16.3. The van der Waals surface area contributed by atoms with Crippen LogP contribution in [0.4, 0.5) is 22.7 Å². The number of hydrogen-bond donors (Lipinski definition) is 0. The number of likely N-dealkylation sites (N-methyl/N-ethyl adjacent to an activating group) is 2. The van der Waals surface area contributed by atoms with Crippen LogP contribution < -0.4 is 9.80 Å². The van der Waals surface area contributed by atoms with Crippen LogP contribution in [0.5, 0.6) is 0 Å². The molecule has 0 N–H and O–H groups in total. The van der Waals surface area contributed by atoms with Crippen molar-refractivity contribution >= 4 is 66.3 Å². The summed E-state index contributed by atoms with van der Waals surface area (Å²) in [5.41, 5.74) is 4.29. The number of sulfonamides is 2. The van der Waals surface area contributed by atoms with Crippen molar-refractivity contribution in [3.8, 4) is 0 Å². The van der Waals surface area contributed by atoms with Gasteiger partial charge in [-0.05, 0) is 101 Å². The molecule has 0 unspecified atom stereocenters. The molecular formula is C44H60N8O4S4. The maximum absolute atomic E-state index is 12.7. The molecular weight excluding hydrogens is 833 g/mol. The Labute approximate surface area is 367 Å². The van der Waals surface area contributed by atoms with Gasteiger partial charge in [0.2, 0.25) is 20.0 Å². The molecule has 12 nitrogen and oxygen atoms in total. The van der Waals surface area contributed by atoms with Crippen molar-refractivity contribution in [2.24, 2.45) is 0 Å². The van der Waals surface area contributed by atoms with E-state index in [4.69, 9.17) is 0 Å². The number of piperazine rings is 2. The van der Waals surface area contributed by atoms with Crippen molar-refractivity contribution in [2.75, 3.05) is 131 Å². The molecule has 4 aliphatic rings. The Balaban J connectivity index is 0.000000181. The van der Waals surface area contributed by atoms with Gasteiger partial charge in [-0.3, -0.25) is 0 Å². The van der Waals surface area contributed by atoms with E-state index in [9.17, 15) is 16.8 Å². The maximum atomic E-state index is 12.7. The van der Waals surface area contributed by atoms with Gasteiger partial charge in [0.25, 0.3) is 0 Å². The first-order chi connectivity index (χ1) is 28.7. The van der Waals surface area contributed by atoms with Crippen molar-refractivity contribution in [2.45, 2.75) is 42.2 Å². The molecule has 0 saturated carbocycles. The summed E-state index contributed by atoms with van der Waals surface area (Å²) in [7, 11) is 3.72. The average Bonchev–Trinajstić information content (AvgIpc) is 3.24. The van der Waals surface area contributed by atoms with Gasteiger partial charge in [0.15, 0.2) is 0 Å². The average molecular weight is 893 g/mol. The van der Waals surface area contributed by atoms with Crippen molar-refractivity contribution in [1.29, 1.82) is 0 Å². The molecule has 0 amide bonds. The number of nitrogens with zero attached hydrogens (tertiary/aromatic N) is 8. The maximum Gasteiger partial charge on any atom is 0.242 e. The lowest BCUT2D eigenvalue weighted by molar-refractivity contribution is 0.153. The highest BCUT2D eigenvalue weighted by Crippen LogP contribution is 2.50. The topological polar surface area (TPSA) is 94.2 Å². The second-order valence-corrected chi connectivity index (χ2v) is 22.7. The number of rotatable bonds is 12. The summed E-state index contributed by atoms with van der Waals surface area (Å²) in [4.78, 5) is 19.7. The van der Waals surface area contributed by atoms with Gasteiger partial charge in [-0.15, -0.1) is 0 Å². The van der Waals surface area contributed by atoms with Gasteiger partial charge in [0.1, 0.15) is 0 Å². The fourth-order valence-corrected chi connectivity index (χ4v) is 11.9. The fraction of sp³-hybridized carbons (Fsp3) is 0.455. The van der Waals surface area contributed by atoms with Crippen LogP contribution in [-0.2, 0) is 20.0 Å². The Morgan fingerprint density at radius 2 is 0.817 bits per heavy atom. The summed E-state index contributed by atoms with van der Waals surface area (Å²) in [6, 6.07) is 27.8. The van der Waals surface area contributed by atoms with Crippen molar-refractivity contribution in [3.63, 3.8) is 0 Å². The van der Waals surface area contributed by atoms with E-state index in [1.165, 1.54) is 18.4 Å². The smallest absolute Gasteiger partial charge is 0.242 e. The molecule has 0 spiro atoms. The Bertz CT molecular complexity index is 2170. The van der Waals surface area contributed by atoms with E-state index in [1.807, 2.05) is 24.3 Å². The van der Waals surface area contributed by atoms with E-state index in [0.29, 0.717) is 9.79 Å². The molecule has 16 heteroatoms. The Morgan fingerprint density at radius 1 is 0.467 bits per heavy atom. The SMILES string of the molecule is CN1CCN(CCCN2c3ccccc3Sc3ccc(S(=O)(=O)N(C)C)cc32)CC1.CN1CCN(CCCN2c3ccccc3Sc3ccc(S(=O)(=O)N(C)C)cc32)CC1. The molecule has 8 rings (SSSR count). The van der Waals surface area contributed by atoms with E-state index in [-0.39, 0.29) is 0 Å². The third-order valence-corrected chi connectivity index (χ3v) is 17.5. The van der Waals surface area contributed by atoms with Gasteiger partial charge in [-0.2, -0.15) is 0 Å². The molecule has 2 fully saturated rings. The summed E-state index contributed by atoms with van der Waals surface area (Å²) in [5, 5.41) is 0. The Morgan fingerprint density at radius 3 is 1.18 bits per heavy atom. The molecule has 0 aromatic heterocycles. The van der Waals surface area contributed by atoms with E-state index < -0.39 is 20.0 Å². The molecule has 0 atom stereocenters. The van der Waals surface area contributed by atoms with Gasteiger partial charge >= 0.3 is 0 Å². The van der Waals surface area contributed by atoms with Crippen LogP contribution in [0.2, 0.25) is 0 Å². The minimum Gasteiger partial charge on any atom is -0.340 e. The monoisotopic (exact) mass is 892 g/mol. The minimum atomic E-state index is -3.47. The normalized spacial score (nSPS) is 17.8. The Hall–Kier alpha value is -3.16. The number of anilines is 4. The first-order valence-electron chi connectivity index (χ1n) is 20.8. The van der Waals surface area contributed by atoms with E-state index >= 15 is 0 Å². The van der Waals surface area contributed by atoms with Crippen molar-refractivity contribution in [3.05, 3.63) is 84.9 Å². The summed E-state index contributed by atoms with van der Waals surface area (Å²) < 4.78 is 53.4. The standard InChI is InChI=1S/2C22H30N4O2S2/c2*1-23(2)30(27,28)18-9-10-22-20(17-18)26(19-7-4-5-8-21(19)29-22)12-6-11-25-15-13-24(3)14-16-25/h2*4-5,7-10,17H,6,11-16H2,1-3H3. The highest BCUT2D eigenvalue weighted by molar-refractivity contribution is 8.00. The number of benzene rings is 4. The fourth-order valence-electron chi connectivity index (χ4n) is 7.89. The highest BCUT2D eigenvalue weighted by Gasteiger charge is 2.29. The van der Waals surface area contributed by atoms with Gasteiger partial charge < -0.3 is 29.4 Å². The number of hydrogen-bond acceptors (Lipinski definition) is 12. The molecule has 0 bridgehead atoms.